The first-order valence-electron chi connectivity index (χ1n) is 8.43. The standard InChI is InChI=1S/C21H21NO/c1-3-15-8-10-16(11-9-15)23-21-17-5-4-6-19(17)22-20-12-7-14(2)13-18(20)21/h7-13H,3-6H2,1-2H3. The topological polar surface area (TPSA) is 22.1 Å². The van der Waals surface area contributed by atoms with E-state index in [0.717, 1.165) is 41.7 Å². The molecular weight excluding hydrogens is 282 g/mol. The Morgan fingerprint density at radius 1 is 1.04 bits per heavy atom. The van der Waals surface area contributed by atoms with E-state index in [1.54, 1.807) is 0 Å². The van der Waals surface area contributed by atoms with Crippen molar-refractivity contribution in [3.63, 3.8) is 0 Å². The SMILES string of the molecule is CCc1ccc(Oc2c3c(nc4ccc(C)cc24)CCC3)cc1. The van der Waals surface area contributed by atoms with Crippen LogP contribution in [-0.2, 0) is 19.3 Å². The van der Waals surface area contributed by atoms with Crippen LogP contribution in [0.4, 0.5) is 0 Å². The summed E-state index contributed by atoms with van der Waals surface area (Å²) in [5.41, 5.74) is 6.11. The molecule has 0 atom stereocenters. The van der Waals surface area contributed by atoms with Gasteiger partial charge in [-0.3, -0.25) is 4.98 Å². The Bertz CT molecular complexity index is 865. The highest BCUT2D eigenvalue weighted by Crippen LogP contribution is 2.38. The van der Waals surface area contributed by atoms with Gasteiger partial charge >= 0.3 is 0 Å². The molecule has 0 aliphatic heterocycles. The predicted molar refractivity (Wildman–Crippen MR) is 94.4 cm³/mol. The maximum atomic E-state index is 6.35. The summed E-state index contributed by atoms with van der Waals surface area (Å²) >= 11 is 0. The van der Waals surface area contributed by atoms with Crippen LogP contribution in [0.3, 0.4) is 0 Å². The van der Waals surface area contributed by atoms with Crippen LogP contribution in [-0.4, -0.2) is 4.98 Å². The zero-order chi connectivity index (χ0) is 15.8. The quantitative estimate of drug-likeness (QED) is 0.647. The van der Waals surface area contributed by atoms with Gasteiger partial charge in [0.2, 0.25) is 0 Å². The lowest BCUT2D eigenvalue weighted by Crippen LogP contribution is -1.97. The molecule has 0 bridgehead atoms. The molecule has 2 nitrogen and oxygen atoms in total. The molecule has 1 heterocycles. The lowest BCUT2D eigenvalue weighted by molar-refractivity contribution is 0.482. The largest absolute Gasteiger partial charge is 0.456 e. The molecule has 2 heteroatoms. The normalized spacial score (nSPS) is 13.3. The number of nitrogens with zero attached hydrogens (tertiary/aromatic N) is 1. The van der Waals surface area contributed by atoms with Gasteiger partial charge in [-0.25, -0.2) is 0 Å². The maximum absolute atomic E-state index is 6.35. The van der Waals surface area contributed by atoms with Crippen LogP contribution >= 0.6 is 0 Å². The molecule has 0 N–H and O–H groups in total. The molecule has 116 valence electrons. The molecule has 0 unspecified atom stereocenters. The molecule has 0 fully saturated rings. The number of aryl methyl sites for hydroxylation is 3. The molecule has 0 spiro atoms. The molecule has 0 saturated carbocycles. The number of hydrogen-bond donors (Lipinski definition) is 0. The summed E-state index contributed by atoms with van der Waals surface area (Å²) in [5.74, 6) is 1.92. The minimum absolute atomic E-state index is 0.908. The molecule has 3 aromatic rings. The molecule has 0 amide bonds. The van der Waals surface area contributed by atoms with Crippen LogP contribution < -0.4 is 4.74 Å². The van der Waals surface area contributed by atoms with E-state index in [4.69, 9.17) is 9.72 Å². The third-order valence-corrected chi connectivity index (χ3v) is 4.67. The fourth-order valence-electron chi connectivity index (χ4n) is 3.36. The monoisotopic (exact) mass is 303 g/mol. The Balaban J connectivity index is 1.85. The summed E-state index contributed by atoms with van der Waals surface area (Å²) < 4.78 is 6.35. The van der Waals surface area contributed by atoms with Crippen molar-refractivity contribution >= 4 is 10.9 Å². The van der Waals surface area contributed by atoms with Gasteiger partial charge in [0.15, 0.2) is 0 Å². The molecule has 23 heavy (non-hydrogen) atoms. The summed E-state index contributed by atoms with van der Waals surface area (Å²) in [7, 11) is 0. The van der Waals surface area contributed by atoms with E-state index in [-0.39, 0.29) is 0 Å². The van der Waals surface area contributed by atoms with Crippen LogP contribution in [0.5, 0.6) is 11.5 Å². The van der Waals surface area contributed by atoms with E-state index in [1.165, 1.54) is 28.8 Å². The summed E-state index contributed by atoms with van der Waals surface area (Å²) in [6, 6.07) is 14.8. The van der Waals surface area contributed by atoms with Gasteiger partial charge in [0.05, 0.1) is 5.52 Å². The van der Waals surface area contributed by atoms with Crippen molar-refractivity contribution in [1.29, 1.82) is 0 Å². The Labute approximate surface area is 137 Å². The van der Waals surface area contributed by atoms with Crippen LogP contribution in [0, 0.1) is 6.92 Å². The third kappa shape index (κ3) is 2.59. The fraction of sp³-hybridized carbons (Fsp3) is 0.286. The smallest absolute Gasteiger partial charge is 0.141 e. The molecule has 4 rings (SSSR count). The van der Waals surface area contributed by atoms with Gasteiger partial charge in [0, 0.05) is 16.6 Å². The van der Waals surface area contributed by atoms with E-state index >= 15 is 0 Å². The van der Waals surface area contributed by atoms with E-state index in [2.05, 4.69) is 56.3 Å². The average molecular weight is 303 g/mol. The van der Waals surface area contributed by atoms with Crippen LogP contribution in [0.15, 0.2) is 42.5 Å². The second kappa shape index (κ2) is 5.69. The van der Waals surface area contributed by atoms with E-state index in [1.807, 2.05) is 0 Å². The van der Waals surface area contributed by atoms with Crippen LogP contribution in [0.2, 0.25) is 0 Å². The molecule has 0 radical (unpaired) electrons. The highest BCUT2D eigenvalue weighted by Gasteiger charge is 2.21. The minimum Gasteiger partial charge on any atom is -0.456 e. The van der Waals surface area contributed by atoms with Crippen molar-refractivity contribution in [2.24, 2.45) is 0 Å². The Morgan fingerprint density at radius 3 is 2.65 bits per heavy atom. The van der Waals surface area contributed by atoms with Crippen LogP contribution in [0.25, 0.3) is 10.9 Å². The first-order valence-corrected chi connectivity index (χ1v) is 8.43. The number of benzene rings is 2. The van der Waals surface area contributed by atoms with Gasteiger partial charge in [0.1, 0.15) is 11.5 Å². The van der Waals surface area contributed by atoms with Crippen LogP contribution in [0.1, 0.15) is 35.7 Å². The Hall–Kier alpha value is -2.35. The number of pyridine rings is 1. The maximum Gasteiger partial charge on any atom is 0.141 e. The molecule has 0 saturated heterocycles. The fourth-order valence-corrected chi connectivity index (χ4v) is 3.36. The van der Waals surface area contributed by atoms with E-state index in [9.17, 15) is 0 Å². The lowest BCUT2D eigenvalue weighted by atomic mass is 10.1. The number of ether oxygens (including phenoxy) is 1. The Kier molecular flexibility index (Phi) is 3.53. The van der Waals surface area contributed by atoms with Gasteiger partial charge < -0.3 is 4.74 Å². The van der Waals surface area contributed by atoms with Gasteiger partial charge in [-0.2, -0.15) is 0 Å². The molecular formula is C21H21NO. The zero-order valence-electron chi connectivity index (χ0n) is 13.7. The lowest BCUT2D eigenvalue weighted by Gasteiger charge is -2.14. The predicted octanol–water partition coefficient (Wildman–Crippen LogP) is 5.39. The highest BCUT2D eigenvalue weighted by molar-refractivity contribution is 5.88. The summed E-state index contributed by atoms with van der Waals surface area (Å²) in [6.45, 7) is 4.29. The number of hydrogen-bond acceptors (Lipinski definition) is 2. The third-order valence-electron chi connectivity index (χ3n) is 4.67. The number of fused-ring (bicyclic) bond motifs is 2. The molecule has 1 aliphatic rings. The van der Waals surface area contributed by atoms with Gasteiger partial charge in [-0.1, -0.05) is 30.7 Å². The van der Waals surface area contributed by atoms with Crippen molar-refractivity contribution in [2.75, 3.05) is 0 Å². The van der Waals surface area contributed by atoms with Gasteiger partial charge in [0.25, 0.3) is 0 Å². The average Bonchev–Trinajstić information content (AvgIpc) is 3.04. The van der Waals surface area contributed by atoms with Gasteiger partial charge in [-0.05, 0) is 62.4 Å². The van der Waals surface area contributed by atoms with E-state index < -0.39 is 0 Å². The highest BCUT2D eigenvalue weighted by atomic mass is 16.5. The summed E-state index contributed by atoms with van der Waals surface area (Å²) in [5, 5.41) is 1.13. The van der Waals surface area contributed by atoms with Crippen molar-refractivity contribution in [2.45, 2.75) is 39.5 Å². The van der Waals surface area contributed by atoms with Crippen molar-refractivity contribution in [1.82, 2.24) is 4.98 Å². The van der Waals surface area contributed by atoms with Crippen molar-refractivity contribution < 1.29 is 4.74 Å². The van der Waals surface area contributed by atoms with E-state index in [0.29, 0.717) is 0 Å². The Morgan fingerprint density at radius 2 is 1.87 bits per heavy atom. The second-order valence-electron chi connectivity index (χ2n) is 6.34. The zero-order valence-corrected chi connectivity index (χ0v) is 13.7. The first kappa shape index (κ1) is 14.3. The number of rotatable bonds is 3. The second-order valence-corrected chi connectivity index (χ2v) is 6.34. The molecule has 1 aromatic heterocycles. The van der Waals surface area contributed by atoms with Crippen molar-refractivity contribution in [3.8, 4) is 11.5 Å². The molecule has 2 aromatic carbocycles. The molecule has 1 aliphatic carbocycles. The summed E-state index contributed by atoms with van der Waals surface area (Å²) in [6.07, 6.45) is 4.34. The first-order chi connectivity index (χ1) is 11.2. The summed E-state index contributed by atoms with van der Waals surface area (Å²) in [4.78, 5) is 4.85. The van der Waals surface area contributed by atoms with Gasteiger partial charge in [-0.15, -0.1) is 0 Å². The van der Waals surface area contributed by atoms with Crippen molar-refractivity contribution in [3.05, 3.63) is 64.8 Å². The minimum atomic E-state index is 0.908. The number of aromatic nitrogens is 1.